The number of nitrogens with one attached hydrogen (secondary N) is 2. The summed E-state index contributed by atoms with van der Waals surface area (Å²) in [5.41, 5.74) is -0.195. The van der Waals surface area contributed by atoms with Gasteiger partial charge in [-0.15, -0.1) is 11.8 Å². The normalized spacial score (nSPS) is 22.0. The van der Waals surface area contributed by atoms with Crippen molar-refractivity contribution in [2.45, 2.75) is 41.9 Å². The van der Waals surface area contributed by atoms with Gasteiger partial charge in [0.15, 0.2) is 0 Å². The predicted molar refractivity (Wildman–Crippen MR) is 82.1 cm³/mol. The highest BCUT2D eigenvalue weighted by Gasteiger charge is 2.45. The van der Waals surface area contributed by atoms with E-state index in [1.54, 1.807) is 18.2 Å². The fourth-order valence-corrected chi connectivity index (χ4v) is 3.49. The second kappa shape index (κ2) is 5.31. The van der Waals surface area contributed by atoms with E-state index >= 15 is 0 Å². The topological polar surface area (TPSA) is 95.5 Å². The minimum atomic E-state index is -1.14. The molecule has 1 saturated carbocycles. The molecule has 1 aromatic rings. The average Bonchev–Trinajstić information content (AvgIpc) is 2.43. The molecule has 1 atom stereocenters. The van der Waals surface area contributed by atoms with Crippen LogP contribution in [0.5, 0.6) is 0 Å². The van der Waals surface area contributed by atoms with E-state index in [9.17, 15) is 19.5 Å². The zero-order valence-electron chi connectivity index (χ0n) is 12.0. The summed E-state index contributed by atoms with van der Waals surface area (Å²) in [5.74, 6) is -1.53. The molecular weight excluding hydrogens is 304 g/mol. The van der Waals surface area contributed by atoms with Crippen molar-refractivity contribution in [1.82, 2.24) is 5.32 Å². The van der Waals surface area contributed by atoms with Gasteiger partial charge in [-0.2, -0.15) is 0 Å². The summed E-state index contributed by atoms with van der Waals surface area (Å²) >= 11 is 1.44. The molecule has 3 rings (SSSR count). The molecule has 22 heavy (non-hydrogen) atoms. The third-order valence-electron chi connectivity index (χ3n) is 4.14. The van der Waals surface area contributed by atoms with E-state index in [-0.39, 0.29) is 11.2 Å². The highest BCUT2D eigenvalue weighted by molar-refractivity contribution is 8.00. The molecule has 0 spiro atoms. The Kier molecular flexibility index (Phi) is 3.60. The van der Waals surface area contributed by atoms with Crippen molar-refractivity contribution in [1.29, 1.82) is 0 Å². The van der Waals surface area contributed by atoms with Crippen LogP contribution in [0.15, 0.2) is 23.1 Å². The fourth-order valence-electron chi connectivity index (χ4n) is 2.56. The minimum absolute atomic E-state index is 0.101. The van der Waals surface area contributed by atoms with Gasteiger partial charge in [0.2, 0.25) is 5.91 Å². The van der Waals surface area contributed by atoms with Gasteiger partial charge in [0.1, 0.15) is 5.54 Å². The quantitative estimate of drug-likeness (QED) is 0.790. The number of aliphatic carboxylic acids is 1. The maximum absolute atomic E-state index is 12.3. The Balaban J connectivity index is 1.81. The molecule has 1 aliphatic heterocycles. The van der Waals surface area contributed by atoms with E-state index in [1.807, 2.05) is 6.92 Å². The molecule has 1 aliphatic carbocycles. The third kappa shape index (κ3) is 2.45. The summed E-state index contributed by atoms with van der Waals surface area (Å²) in [7, 11) is 0. The molecule has 1 heterocycles. The molecule has 0 radical (unpaired) electrons. The number of carboxylic acid groups (broad SMARTS) is 1. The second-order valence-corrected chi connectivity index (χ2v) is 7.04. The van der Waals surface area contributed by atoms with E-state index in [0.29, 0.717) is 24.1 Å². The van der Waals surface area contributed by atoms with Crippen molar-refractivity contribution in [2.75, 3.05) is 5.32 Å². The van der Waals surface area contributed by atoms with Crippen molar-refractivity contribution in [3.05, 3.63) is 23.8 Å². The maximum Gasteiger partial charge on any atom is 0.329 e. The summed E-state index contributed by atoms with van der Waals surface area (Å²) in [6.07, 6.45) is 1.69. The SMILES string of the molecule is CC1Sc2ccc(C(=O)NC3(C(=O)O)CCC3)cc2NC1=O. The van der Waals surface area contributed by atoms with Crippen molar-refractivity contribution >= 4 is 35.2 Å². The van der Waals surface area contributed by atoms with Gasteiger partial charge in [-0.05, 0) is 44.4 Å². The number of hydrogen-bond acceptors (Lipinski definition) is 4. The van der Waals surface area contributed by atoms with Crippen molar-refractivity contribution in [2.24, 2.45) is 0 Å². The summed E-state index contributed by atoms with van der Waals surface area (Å²) in [6.45, 7) is 1.82. The lowest BCUT2D eigenvalue weighted by Gasteiger charge is -2.38. The molecule has 1 aromatic carbocycles. The van der Waals surface area contributed by atoms with Crippen molar-refractivity contribution < 1.29 is 19.5 Å². The smallest absolute Gasteiger partial charge is 0.329 e. The van der Waals surface area contributed by atoms with Crippen molar-refractivity contribution in [3.63, 3.8) is 0 Å². The van der Waals surface area contributed by atoms with Crippen LogP contribution in [0.4, 0.5) is 5.69 Å². The van der Waals surface area contributed by atoms with Gasteiger partial charge in [0, 0.05) is 10.5 Å². The maximum atomic E-state index is 12.3. The van der Waals surface area contributed by atoms with Crippen LogP contribution in [0.1, 0.15) is 36.5 Å². The lowest BCUT2D eigenvalue weighted by molar-refractivity contribution is -0.148. The molecule has 1 fully saturated rings. The molecule has 1 unspecified atom stereocenters. The van der Waals surface area contributed by atoms with Crippen LogP contribution in [-0.2, 0) is 9.59 Å². The first-order chi connectivity index (χ1) is 10.4. The molecule has 2 aliphatic rings. The Hall–Kier alpha value is -2.02. The van der Waals surface area contributed by atoms with Gasteiger partial charge in [0.25, 0.3) is 5.91 Å². The van der Waals surface area contributed by atoms with Crippen LogP contribution in [0.25, 0.3) is 0 Å². The Morgan fingerprint density at radius 1 is 1.41 bits per heavy atom. The predicted octanol–water partition coefficient (Wildman–Crippen LogP) is 1.86. The van der Waals surface area contributed by atoms with E-state index in [1.165, 1.54) is 11.8 Å². The van der Waals surface area contributed by atoms with Crippen molar-refractivity contribution in [3.8, 4) is 0 Å². The number of fused-ring (bicyclic) bond motifs is 1. The highest BCUT2D eigenvalue weighted by atomic mass is 32.2. The molecule has 6 nitrogen and oxygen atoms in total. The van der Waals surface area contributed by atoms with Gasteiger partial charge in [0.05, 0.1) is 10.9 Å². The zero-order valence-corrected chi connectivity index (χ0v) is 12.8. The first kappa shape index (κ1) is 14.9. The van der Waals surface area contributed by atoms with Gasteiger partial charge >= 0.3 is 5.97 Å². The first-order valence-electron chi connectivity index (χ1n) is 7.09. The third-order valence-corrected chi connectivity index (χ3v) is 5.32. The summed E-state index contributed by atoms with van der Waals surface area (Å²) in [6, 6.07) is 5.02. The first-order valence-corrected chi connectivity index (χ1v) is 7.97. The molecule has 0 saturated heterocycles. The van der Waals surface area contributed by atoms with Crippen LogP contribution in [-0.4, -0.2) is 33.7 Å². The number of carbonyl (C=O) groups excluding carboxylic acids is 2. The summed E-state index contributed by atoms with van der Waals surface area (Å²) in [4.78, 5) is 36.2. The van der Waals surface area contributed by atoms with Gasteiger partial charge in [-0.1, -0.05) is 0 Å². The molecule has 0 aromatic heterocycles. The standard InChI is InChI=1S/C15H16N2O4S/c1-8-12(18)16-10-7-9(3-4-11(10)22-8)13(19)17-15(14(20)21)5-2-6-15/h3-4,7-8H,2,5-6H2,1H3,(H,16,18)(H,17,19)(H,20,21). The van der Waals surface area contributed by atoms with Gasteiger partial charge in [-0.3, -0.25) is 9.59 Å². The minimum Gasteiger partial charge on any atom is -0.480 e. The zero-order chi connectivity index (χ0) is 15.9. The molecule has 0 bridgehead atoms. The fraction of sp³-hybridized carbons (Fsp3) is 0.400. The van der Waals surface area contributed by atoms with Crippen LogP contribution >= 0.6 is 11.8 Å². The number of thioether (sulfide) groups is 1. The van der Waals surface area contributed by atoms with Gasteiger partial charge < -0.3 is 15.7 Å². The molecular formula is C15H16N2O4S. The molecule has 3 N–H and O–H groups in total. The average molecular weight is 320 g/mol. The number of carbonyl (C=O) groups is 3. The number of benzene rings is 1. The lowest BCUT2D eigenvalue weighted by Crippen LogP contribution is -2.59. The number of hydrogen-bond donors (Lipinski definition) is 3. The molecule has 2 amide bonds. The highest BCUT2D eigenvalue weighted by Crippen LogP contribution is 2.36. The second-order valence-electron chi connectivity index (χ2n) is 5.66. The summed E-state index contributed by atoms with van der Waals surface area (Å²) in [5, 5.41) is 14.5. The van der Waals surface area contributed by atoms with Crippen LogP contribution in [0.2, 0.25) is 0 Å². The van der Waals surface area contributed by atoms with E-state index in [0.717, 1.165) is 11.3 Å². The number of amides is 2. The Morgan fingerprint density at radius 3 is 2.73 bits per heavy atom. The van der Waals surface area contributed by atoms with Crippen LogP contribution in [0.3, 0.4) is 0 Å². The Bertz CT molecular complexity index is 670. The van der Waals surface area contributed by atoms with E-state index in [4.69, 9.17) is 0 Å². The largest absolute Gasteiger partial charge is 0.480 e. The van der Waals surface area contributed by atoms with Gasteiger partial charge in [-0.25, -0.2) is 4.79 Å². The van der Waals surface area contributed by atoms with Crippen LogP contribution < -0.4 is 10.6 Å². The van der Waals surface area contributed by atoms with E-state index in [2.05, 4.69) is 10.6 Å². The summed E-state index contributed by atoms with van der Waals surface area (Å²) < 4.78 is 0. The number of carboxylic acids is 1. The monoisotopic (exact) mass is 320 g/mol. The Labute approximate surface area is 131 Å². The van der Waals surface area contributed by atoms with Crippen LogP contribution in [0, 0.1) is 0 Å². The Morgan fingerprint density at radius 2 is 2.14 bits per heavy atom. The van der Waals surface area contributed by atoms with E-state index < -0.39 is 17.4 Å². The lowest BCUT2D eigenvalue weighted by atomic mass is 9.76. The molecule has 7 heteroatoms. The number of rotatable bonds is 3. The molecule has 116 valence electrons. The number of anilines is 1.